The molecule has 10 aromatic rings. The van der Waals surface area contributed by atoms with Crippen molar-refractivity contribution in [2.75, 3.05) is 4.90 Å². The molecule has 1 heteroatoms. The number of hydrogen-bond donors (Lipinski definition) is 0. The molecule has 1 nitrogen and oxygen atoms in total. The highest BCUT2D eigenvalue weighted by molar-refractivity contribution is 6.02. The van der Waals surface area contributed by atoms with E-state index < -0.39 is 5.41 Å². The second-order valence-electron chi connectivity index (χ2n) is 25.1. The second-order valence-corrected chi connectivity index (χ2v) is 25.1. The quantitative estimate of drug-likeness (QED) is 0.170. The van der Waals surface area contributed by atoms with Gasteiger partial charge in [-0.1, -0.05) is 237 Å². The fourth-order valence-corrected chi connectivity index (χ4v) is 15.3. The van der Waals surface area contributed by atoms with Crippen molar-refractivity contribution in [3.05, 3.63) is 279 Å². The Labute approximate surface area is 449 Å². The van der Waals surface area contributed by atoms with E-state index in [4.69, 9.17) is 0 Å². The van der Waals surface area contributed by atoms with Gasteiger partial charge in [0.2, 0.25) is 0 Å². The van der Waals surface area contributed by atoms with Crippen LogP contribution in [0.15, 0.2) is 212 Å². The first-order valence-electron chi connectivity index (χ1n) is 27.7. The second kappa shape index (κ2) is 15.5. The van der Waals surface area contributed by atoms with Gasteiger partial charge in [-0.15, -0.1) is 0 Å². The molecule has 76 heavy (non-hydrogen) atoms. The number of nitrogens with zero attached hydrogens (tertiary/aromatic N) is 1. The monoisotopic (exact) mass is 977 g/mol. The Morgan fingerprint density at radius 1 is 0.368 bits per heavy atom. The lowest BCUT2D eigenvalue weighted by Crippen LogP contribution is -2.27. The number of anilines is 3. The predicted molar refractivity (Wildman–Crippen MR) is 318 cm³/mol. The molecule has 2 spiro atoms. The summed E-state index contributed by atoms with van der Waals surface area (Å²) in [5.41, 5.74) is 32.5. The van der Waals surface area contributed by atoms with Crippen LogP contribution in [0.1, 0.15) is 129 Å². The maximum Gasteiger partial charge on any atom is 0.0726 e. The molecule has 0 saturated carbocycles. The summed E-state index contributed by atoms with van der Waals surface area (Å²) < 4.78 is 0. The van der Waals surface area contributed by atoms with Gasteiger partial charge in [0.25, 0.3) is 0 Å². The first-order chi connectivity index (χ1) is 36.7. The molecule has 10 aromatic carbocycles. The van der Waals surface area contributed by atoms with Crippen LogP contribution in [0.5, 0.6) is 0 Å². The Morgan fingerprint density at radius 2 is 0.868 bits per heavy atom. The Bertz CT molecular complexity index is 4050. The SMILES string of the molecule is CC(C)(C)c1ccc2c(c1)C1(c3cc(C(C)(C)C)ccc3-2)c2ccccc2-c2c(N(c3ccc(-c4cccc5c4C(C)(C)c4ccccc4-5)cc3)c3ccc4c(c3)C3(CCc5ccccc53)c3ccccc3-4)cccc21. The molecule has 0 fully saturated rings. The molecule has 1 atom stereocenters. The summed E-state index contributed by atoms with van der Waals surface area (Å²) in [5.74, 6) is 0. The summed E-state index contributed by atoms with van der Waals surface area (Å²) in [6, 6.07) is 82.8. The van der Waals surface area contributed by atoms with Crippen molar-refractivity contribution < 1.29 is 0 Å². The Balaban J connectivity index is 0.992. The van der Waals surface area contributed by atoms with Crippen LogP contribution < -0.4 is 4.90 Å². The minimum absolute atomic E-state index is 0.0304. The van der Waals surface area contributed by atoms with E-state index in [0.717, 1.165) is 18.5 Å². The zero-order valence-electron chi connectivity index (χ0n) is 45.1. The number of rotatable bonds is 4. The summed E-state index contributed by atoms with van der Waals surface area (Å²) in [4.78, 5) is 2.61. The van der Waals surface area contributed by atoms with Gasteiger partial charge in [0.05, 0.1) is 11.1 Å². The summed E-state index contributed by atoms with van der Waals surface area (Å²) in [6.07, 6.45) is 2.12. The molecule has 0 saturated heterocycles. The van der Waals surface area contributed by atoms with Crippen molar-refractivity contribution in [2.24, 2.45) is 0 Å². The highest BCUT2D eigenvalue weighted by Crippen LogP contribution is 2.66. The van der Waals surface area contributed by atoms with Crippen LogP contribution in [0, 0.1) is 0 Å². The van der Waals surface area contributed by atoms with Gasteiger partial charge < -0.3 is 4.90 Å². The molecule has 5 aliphatic rings. The van der Waals surface area contributed by atoms with E-state index in [1.165, 1.54) is 134 Å². The lowest BCUT2D eigenvalue weighted by atomic mass is 9.69. The molecular formula is C75H63N. The molecule has 1 unspecified atom stereocenters. The number of aryl methyl sites for hydroxylation is 1. The third kappa shape index (κ3) is 5.92. The number of benzene rings is 10. The molecule has 0 N–H and O–H groups in total. The van der Waals surface area contributed by atoms with Crippen molar-refractivity contribution >= 4 is 17.1 Å². The van der Waals surface area contributed by atoms with Crippen LogP contribution in [0.2, 0.25) is 0 Å². The molecule has 15 rings (SSSR count). The van der Waals surface area contributed by atoms with Crippen LogP contribution in [-0.4, -0.2) is 0 Å². The highest BCUT2D eigenvalue weighted by atomic mass is 15.1. The van der Waals surface area contributed by atoms with Gasteiger partial charge in [-0.25, -0.2) is 0 Å². The van der Waals surface area contributed by atoms with Gasteiger partial charge in [0.15, 0.2) is 0 Å². The zero-order valence-corrected chi connectivity index (χ0v) is 45.1. The van der Waals surface area contributed by atoms with Crippen molar-refractivity contribution in [1.29, 1.82) is 0 Å². The molecule has 0 aromatic heterocycles. The topological polar surface area (TPSA) is 3.24 Å². The normalized spacial score (nSPS) is 17.1. The largest absolute Gasteiger partial charge is 0.310 e. The van der Waals surface area contributed by atoms with E-state index in [1.54, 1.807) is 0 Å². The Hall–Kier alpha value is -8.00. The molecule has 0 aliphatic heterocycles. The summed E-state index contributed by atoms with van der Waals surface area (Å²) in [5, 5.41) is 0. The maximum atomic E-state index is 2.61. The van der Waals surface area contributed by atoms with Gasteiger partial charge in [-0.3, -0.25) is 0 Å². The minimum Gasteiger partial charge on any atom is -0.310 e. The predicted octanol–water partition coefficient (Wildman–Crippen LogP) is 19.3. The first-order valence-corrected chi connectivity index (χ1v) is 27.7. The number of hydrogen-bond acceptors (Lipinski definition) is 1. The van der Waals surface area contributed by atoms with Gasteiger partial charge in [-0.2, -0.15) is 0 Å². The average molecular weight is 978 g/mol. The summed E-state index contributed by atoms with van der Waals surface area (Å²) in [6.45, 7) is 18.9. The van der Waals surface area contributed by atoms with Crippen LogP contribution in [0.3, 0.4) is 0 Å². The van der Waals surface area contributed by atoms with E-state index in [2.05, 4.69) is 273 Å². The smallest absolute Gasteiger partial charge is 0.0726 e. The minimum atomic E-state index is -0.528. The molecule has 5 aliphatic carbocycles. The van der Waals surface area contributed by atoms with Gasteiger partial charge >= 0.3 is 0 Å². The maximum absolute atomic E-state index is 2.61. The zero-order chi connectivity index (χ0) is 51.7. The van der Waals surface area contributed by atoms with Crippen molar-refractivity contribution in [3.63, 3.8) is 0 Å². The van der Waals surface area contributed by atoms with Crippen molar-refractivity contribution in [1.82, 2.24) is 0 Å². The van der Waals surface area contributed by atoms with E-state index in [0.29, 0.717) is 0 Å². The average Bonchev–Trinajstić information content (AvgIpc) is 4.20. The lowest BCUT2D eigenvalue weighted by Gasteiger charge is -2.34. The van der Waals surface area contributed by atoms with Crippen LogP contribution in [0.4, 0.5) is 17.1 Å². The molecule has 368 valence electrons. The molecule has 0 amide bonds. The molecule has 0 bridgehead atoms. The van der Waals surface area contributed by atoms with Gasteiger partial charge in [-0.05, 0) is 171 Å². The lowest BCUT2D eigenvalue weighted by molar-refractivity contribution is 0.586. The summed E-state index contributed by atoms with van der Waals surface area (Å²) in [7, 11) is 0. The van der Waals surface area contributed by atoms with E-state index in [1.807, 2.05) is 0 Å². The fourth-order valence-electron chi connectivity index (χ4n) is 15.3. The fraction of sp³-hybridized carbons (Fsp3) is 0.200. The number of fused-ring (bicyclic) bond motifs is 20. The van der Waals surface area contributed by atoms with Gasteiger partial charge in [0.1, 0.15) is 0 Å². The Morgan fingerprint density at radius 3 is 1.55 bits per heavy atom. The Kier molecular flexibility index (Phi) is 9.29. The molecule has 0 heterocycles. The highest BCUT2D eigenvalue weighted by Gasteiger charge is 2.54. The van der Waals surface area contributed by atoms with Crippen LogP contribution >= 0.6 is 0 Å². The molecule has 0 radical (unpaired) electrons. The van der Waals surface area contributed by atoms with Gasteiger partial charge in [0, 0.05) is 27.8 Å². The van der Waals surface area contributed by atoms with Crippen LogP contribution in [0.25, 0.3) is 55.6 Å². The van der Waals surface area contributed by atoms with Crippen molar-refractivity contribution in [2.45, 2.75) is 95.3 Å². The molecular weight excluding hydrogens is 915 g/mol. The standard InChI is InChI=1S/C75H63N/c1-71(2,3)48-33-38-56-57-39-34-49(72(4,5)6)44-67(57)75(66(56)43-48)63-28-16-12-22-59(63)69-64(75)29-18-30-68(69)76(50-35-31-46(32-36-50)52-23-17-24-58-54-21-10-14-26-61(54)73(7,8)70(52)58)51-37-40-55-53-20-11-15-27-62(53)74(65(55)45-51)42-41-47-19-9-13-25-60(47)74/h9-40,43-45H,41-42H2,1-8H3. The summed E-state index contributed by atoms with van der Waals surface area (Å²) >= 11 is 0. The first kappa shape index (κ1) is 45.4. The van der Waals surface area contributed by atoms with E-state index >= 15 is 0 Å². The van der Waals surface area contributed by atoms with Crippen LogP contribution in [-0.2, 0) is 33.5 Å². The van der Waals surface area contributed by atoms with E-state index in [9.17, 15) is 0 Å². The van der Waals surface area contributed by atoms with Crippen molar-refractivity contribution in [3.8, 4) is 55.6 Å². The third-order valence-electron chi connectivity index (χ3n) is 18.8. The third-order valence-corrected chi connectivity index (χ3v) is 18.8. The van der Waals surface area contributed by atoms with E-state index in [-0.39, 0.29) is 21.7 Å².